The van der Waals surface area contributed by atoms with E-state index >= 15 is 0 Å². The number of nitrogens with one attached hydrogen (secondary N) is 2. The quantitative estimate of drug-likeness (QED) is 0.305. The van der Waals surface area contributed by atoms with Gasteiger partial charge in [-0.15, -0.1) is 0 Å². The van der Waals surface area contributed by atoms with Gasteiger partial charge in [0.25, 0.3) is 0 Å². The number of halogens is 1. The zero-order valence-electron chi connectivity index (χ0n) is 23.3. The highest BCUT2D eigenvalue weighted by atomic mass is 35.5. The van der Waals surface area contributed by atoms with E-state index in [9.17, 15) is 0 Å². The maximum atomic E-state index is 6.40. The van der Waals surface area contributed by atoms with Crippen LogP contribution in [0.2, 0.25) is 5.02 Å². The average Bonchev–Trinajstić information content (AvgIpc) is 3.41. The van der Waals surface area contributed by atoms with Crippen molar-refractivity contribution < 1.29 is 0 Å². The Balaban J connectivity index is 1.21. The standard InChI is InChI=1S/C32H39ClN6S/c1-23-9-8-16-38(19-23)28-18-29(39-20-24-10-3-4-11-25(24)21-39)36-30(35-28)37-31(40)34-22-32(14-5-2-6-15-32)26-12-7-13-27(33)17-26/h3-4,7,10-13,17-18,23H,2,5-6,8-9,14-16,19-22H2,1H3,(H2,34,35,36,37,40)/t23-/m1/s1. The average molecular weight is 575 g/mol. The molecule has 0 bridgehead atoms. The van der Waals surface area contributed by atoms with Crippen LogP contribution in [-0.2, 0) is 18.5 Å². The van der Waals surface area contributed by atoms with Crippen LogP contribution in [0.1, 0.15) is 68.6 Å². The molecule has 6 rings (SSSR count). The molecule has 1 saturated carbocycles. The van der Waals surface area contributed by atoms with E-state index < -0.39 is 0 Å². The zero-order chi connectivity index (χ0) is 27.5. The molecule has 8 heteroatoms. The highest BCUT2D eigenvalue weighted by Gasteiger charge is 2.34. The number of hydrogen-bond acceptors (Lipinski definition) is 5. The van der Waals surface area contributed by atoms with Crippen molar-refractivity contribution in [3.8, 4) is 0 Å². The number of piperidine rings is 1. The van der Waals surface area contributed by atoms with Crippen LogP contribution >= 0.6 is 23.8 Å². The van der Waals surface area contributed by atoms with E-state index in [1.807, 2.05) is 6.07 Å². The van der Waals surface area contributed by atoms with Crippen molar-refractivity contribution in [3.63, 3.8) is 0 Å². The molecule has 1 saturated heterocycles. The third kappa shape index (κ3) is 6.06. The van der Waals surface area contributed by atoms with Crippen LogP contribution in [0, 0.1) is 5.92 Å². The number of benzene rings is 2. The molecule has 0 spiro atoms. The highest BCUT2D eigenvalue weighted by molar-refractivity contribution is 7.80. The third-order valence-electron chi connectivity index (χ3n) is 8.91. The van der Waals surface area contributed by atoms with Gasteiger partial charge >= 0.3 is 0 Å². The largest absolute Gasteiger partial charge is 0.361 e. The minimum Gasteiger partial charge on any atom is -0.361 e. The van der Waals surface area contributed by atoms with Crippen molar-refractivity contribution in [2.45, 2.75) is 70.4 Å². The molecule has 40 heavy (non-hydrogen) atoms. The Morgan fingerprint density at radius 3 is 2.38 bits per heavy atom. The van der Waals surface area contributed by atoms with Crippen molar-refractivity contribution in [1.82, 2.24) is 15.3 Å². The number of aromatic nitrogens is 2. The molecule has 2 fully saturated rings. The van der Waals surface area contributed by atoms with Gasteiger partial charge in [-0.05, 0) is 72.6 Å². The second-order valence-corrected chi connectivity index (χ2v) is 12.7. The van der Waals surface area contributed by atoms with E-state index in [-0.39, 0.29) is 5.41 Å². The first-order valence-corrected chi connectivity index (χ1v) is 15.5. The van der Waals surface area contributed by atoms with Crippen molar-refractivity contribution in [2.75, 3.05) is 34.8 Å². The van der Waals surface area contributed by atoms with E-state index in [1.165, 1.54) is 48.8 Å². The third-order valence-corrected chi connectivity index (χ3v) is 9.39. The van der Waals surface area contributed by atoms with Crippen LogP contribution in [0.25, 0.3) is 0 Å². The second kappa shape index (κ2) is 11.9. The Morgan fingerprint density at radius 2 is 1.68 bits per heavy atom. The molecular weight excluding hydrogens is 536 g/mol. The summed E-state index contributed by atoms with van der Waals surface area (Å²) in [6.45, 7) is 6.83. The zero-order valence-corrected chi connectivity index (χ0v) is 24.9. The van der Waals surface area contributed by atoms with E-state index in [1.54, 1.807) is 0 Å². The number of thiocarbonyl (C=S) groups is 1. The number of nitrogens with zero attached hydrogens (tertiary/aromatic N) is 4. The first kappa shape index (κ1) is 27.3. The van der Waals surface area contributed by atoms with Crippen LogP contribution in [-0.4, -0.2) is 34.7 Å². The Labute approximate surface area is 248 Å². The predicted octanol–water partition coefficient (Wildman–Crippen LogP) is 7.08. The molecule has 2 aliphatic heterocycles. The van der Waals surface area contributed by atoms with Gasteiger partial charge in [0, 0.05) is 49.2 Å². The van der Waals surface area contributed by atoms with Crippen LogP contribution in [0.15, 0.2) is 54.6 Å². The topological polar surface area (TPSA) is 56.3 Å². The second-order valence-electron chi connectivity index (χ2n) is 11.9. The SMILES string of the molecule is C[C@@H]1CCCN(c2cc(N3Cc4ccccc4C3)nc(NC(=S)NCC3(c4cccc(Cl)c4)CCCCC3)n2)C1. The molecule has 3 heterocycles. The lowest BCUT2D eigenvalue weighted by Crippen LogP contribution is -2.43. The number of hydrogen-bond donors (Lipinski definition) is 2. The van der Waals surface area contributed by atoms with E-state index in [0.29, 0.717) is 17.0 Å². The van der Waals surface area contributed by atoms with Crippen LogP contribution < -0.4 is 20.4 Å². The van der Waals surface area contributed by atoms with Gasteiger partial charge in [-0.1, -0.05) is 74.2 Å². The fraction of sp³-hybridized carbons (Fsp3) is 0.469. The van der Waals surface area contributed by atoms with Crippen molar-refractivity contribution in [2.24, 2.45) is 5.92 Å². The predicted molar refractivity (Wildman–Crippen MR) is 169 cm³/mol. The summed E-state index contributed by atoms with van der Waals surface area (Å²) in [5.74, 6) is 3.12. The molecule has 1 atom stereocenters. The fourth-order valence-electron chi connectivity index (χ4n) is 6.70. The van der Waals surface area contributed by atoms with Gasteiger partial charge in [-0.2, -0.15) is 9.97 Å². The van der Waals surface area contributed by atoms with Crippen LogP contribution in [0.5, 0.6) is 0 Å². The van der Waals surface area contributed by atoms with Gasteiger partial charge in [0.05, 0.1) is 0 Å². The molecule has 3 aromatic rings. The summed E-state index contributed by atoms with van der Waals surface area (Å²) in [5, 5.41) is 8.25. The van der Waals surface area contributed by atoms with E-state index in [0.717, 1.165) is 62.2 Å². The number of anilines is 3. The van der Waals surface area contributed by atoms with Gasteiger partial charge in [0.15, 0.2) is 5.11 Å². The van der Waals surface area contributed by atoms with Crippen molar-refractivity contribution in [3.05, 3.63) is 76.3 Å². The van der Waals surface area contributed by atoms with E-state index in [2.05, 4.69) is 75.9 Å². The van der Waals surface area contributed by atoms with Gasteiger partial charge in [-0.3, -0.25) is 0 Å². The smallest absolute Gasteiger partial charge is 0.232 e. The van der Waals surface area contributed by atoms with Gasteiger partial charge in [0.1, 0.15) is 11.6 Å². The number of fused-ring (bicyclic) bond motifs is 1. The Kier molecular flexibility index (Phi) is 8.12. The van der Waals surface area contributed by atoms with Gasteiger partial charge in [0.2, 0.25) is 5.95 Å². The molecule has 0 radical (unpaired) electrons. The Bertz CT molecular complexity index is 1330. The normalized spacial score (nSPS) is 20.2. The lowest BCUT2D eigenvalue weighted by Gasteiger charge is -2.38. The molecular formula is C32H39ClN6S. The molecule has 2 aromatic carbocycles. The van der Waals surface area contributed by atoms with E-state index in [4.69, 9.17) is 33.8 Å². The first-order chi connectivity index (χ1) is 19.5. The molecule has 1 aromatic heterocycles. The molecule has 3 aliphatic rings. The summed E-state index contributed by atoms with van der Waals surface area (Å²) in [5.41, 5.74) is 4.04. The van der Waals surface area contributed by atoms with Crippen LogP contribution in [0.4, 0.5) is 17.6 Å². The molecule has 210 valence electrons. The lowest BCUT2D eigenvalue weighted by molar-refractivity contribution is 0.292. The minimum absolute atomic E-state index is 0.0218. The summed E-state index contributed by atoms with van der Waals surface area (Å²) in [6.07, 6.45) is 8.42. The highest BCUT2D eigenvalue weighted by Crippen LogP contribution is 2.40. The Hall–Kier alpha value is -2.90. The van der Waals surface area contributed by atoms with Gasteiger partial charge in [-0.25, -0.2) is 0 Å². The Morgan fingerprint density at radius 1 is 0.950 bits per heavy atom. The molecule has 1 aliphatic carbocycles. The van der Waals surface area contributed by atoms with Crippen molar-refractivity contribution >= 4 is 46.5 Å². The first-order valence-electron chi connectivity index (χ1n) is 14.7. The molecule has 0 unspecified atom stereocenters. The fourth-order valence-corrected chi connectivity index (χ4v) is 7.06. The maximum Gasteiger partial charge on any atom is 0.232 e. The summed E-state index contributed by atoms with van der Waals surface area (Å²) < 4.78 is 0. The maximum absolute atomic E-state index is 6.40. The summed E-state index contributed by atoms with van der Waals surface area (Å²) in [7, 11) is 0. The number of rotatable bonds is 6. The molecule has 0 amide bonds. The summed E-state index contributed by atoms with van der Waals surface area (Å²) in [4.78, 5) is 14.7. The van der Waals surface area contributed by atoms with Crippen molar-refractivity contribution in [1.29, 1.82) is 0 Å². The lowest BCUT2D eigenvalue weighted by atomic mass is 9.69. The van der Waals surface area contributed by atoms with Gasteiger partial charge < -0.3 is 20.4 Å². The molecule has 6 nitrogen and oxygen atoms in total. The monoisotopic (exact) mass is 574 g/mol. The molecule has 2 N–H and O–H groups in total. The summed E-state index contributed by atoms with van der Waals surface area (Å²) in [6, 6.07) is 19.1. The van der Waals surface area contributed by atoms with Crippen LogP contribution in [0.3, 0.4) is 0 Å². The minimum atomic E-state index is 0.0218. The summed E-state index contributed by atoms with van der Waals surface area (Å²) >= 11 is 12.2.